The highest BCUT2D eigenvalue weighted by atomic mass is 79.9. The Hall–Kier alpha value is -0.710. The Labute approximate surface area is 129 Å². The lowest BCUT2D eigenvalue weighted by atomic mass is 9.74. The van der Waals surface area contributed by atoms with Gasteiger partial charge >= 0.3 is 0 Å². The predicted octanol–water partition coefficient (Wildman–Crippen LogP) is 4.34. The van der Waals surface area contributed by atoms with Crippen LogP contribution < -0.4 is 5.73 Å². The van der Waals surface area contributed by atoms with Crippen LogP contribution in [0.3, 0.4) is 0 Å². The van der Waals surface area contributed by atoms with Crippen LogP contribution >= 0.6 is 31.9 Å². The highest BCUT2D eigenvalue weighted by molar-refractivity contribution is 9.11. The van der Waals surface area contributed by atoms with Crippen LogP contribution in [0.15, 0.2) is 45.5 Å². The van der Waals surface area contributed by atoms with Crippen molar-refractivity contribution in [3.05, 3.63) is 62.3 Å². The van der Waals surface area contributed by atoms with Gasteiger partial charge in [-0.1, -0.05) is 24.3 Å². The van der Waals surface area contributed by atoms with Crippen molar-refractivity contribution >= 4 is 31.9 Å². The van der Waals surface area contributed by atoms with Crippen molar-refractivity contribution in [1.29, 1.82) is 0 Å². The summed E-state index contributed by atoms with van der Waals surface area (Å²) in [7, 11) is 0. The molecule has 3 rings (SSSR count). The maximum absolute atomic E-state index is 6.31. The number of benzene rings is 1. The zero-order valence-corrected chi connectivity index (χ0v) is 13.5. The summed E-state index contributed by atoms with van der Waals surface area (Å²) >= 11 is 6.95. The number of nitrogens with two attached hydrogens (primary N) is 1. The molecule has 2 atom stereocenters. The van der Waals surface area contributed by atoms with Crippen LogP contribution in [-0.2, 0) is 6.42 Å². The van der Waals surface area contributed by atoms with E-state index in [2.05, 4.69) is 61.1 Å². The van der Waals surface area contributed by atoms with Crippen LogP contribution in [0.4, 0.5) is 0 Å². The number of hydrogen-bond acceptors (Lipinski definition) is 2. The molecule has 98 valence electrons. The number of rotatable bonds is 3. The van der Waals surface area contributed by atoms with E-state index < -0.39 is 0 Å². The smallest absolute Gasteiger partial charge is 0.0713 e. The molecule has 1 aliphatic carbocycles. The van der Waals surface area contributed by atoms with Crippen LogP contribution in [0.25, 0.3) is 0 Å². The molecule has 0 radical (unpaired) electrons. The summed E-state index contributed by atoms with van der Waals surface area (Å²) in [4.78, 5) is 4.43. The first-order valence-electron chi connectivity index (χ1n) is 6.29. The lowest BCUT2D eigenvalue weighted by Gasteiger charge is -2.32. The van der Waals surface area contributed by atoms with Gasteiger partial charge in [-0.2, -0.15) is 0 Å². The number of hydrogen-bond donors (Lipinski definition) is 1. The summed E-state index contributed by atoms with van der Waals surface area (Å²) in [5.74, 6) is 0.573. The molecular formula is C15H14Br2N2. The van der Waals surface area contributed by atoms with E-state index in [9.17, 15) is 0 Å². The van der Waals surface area contributed by atoms with Crippen molar-refractivity contribution in [2.45, 2.75) is 24.8 Å². The summed E-state index contributed by atoms with van der Waals surface area (Å²) in [6, 6.07) is 10.6. The monoisotopic (exact) mass is 380 g/mol. The van der Waals surface area contributed by atoms with Crippen molar-refractivity contribution in [2.24, 2.45) is 5.73 Å². The van der Waals surface area contributed by atoms with Crippen LogP contribution in [0.1, 0.15) is 35.2 Å². The first kappa shape index (κ1) is 13.3. The summed E-state index contributed by atoms with van der Waals surface area (Å²) in [6.45, 7) is 0. The molecule has 0 saturated carbocycles. The molecule has 0 fully saturated rings. The molecule has 2 N–H and O–H groups in total. The van der Waals surface area contributed by atoms with Crippen LogP contribution in [0.5, 0.6) is 0 Å². The third-order valence-electron chi connectivity index (χ3n) is 3.69. The van der Waals surface area contributed by atoms with E-state index in [4.69, 9.17) is 5.73 Å². The van der Waals surface area contributed by atoms with Gasteiger partial charge < -0.3 is 5.73 Å². The minimum absolute atomic E-state index is 0.0270. The molecular weight excluding hydrogens is 368 g/mol. The molecule has 1 aliphatic rings. The van der Waals surface area contributed by atoms with Crippen molar-refractivity contribution in [2.75, 3.05) is 0 Å². The minimum Gasteiger partial charge on any atom is -0.323 e. The Bertz CT molecular complexity index is 613. The molecule has 1 aromatic heterocycles. The average Bonchev–Trinajstić information content (AvgIpc) is 2.35. The molecule has 2 aromatic rings. The lowest BCUT2D eigenvalue weighted by Crippen LogP contribution is -2.23. The van der Waals surface area contributed by atoms with Gasteiger partial charge in [0.1, 0.15) is 0 Å². The van der Waals surface area contributed by atoms with Gasteiger partial charge in [0.2, 0.25) is 0 Å². The molecule has 0 aliphatic heterocycles. The second kappa shape index (κ2) is 5.35. The van der Waals surface area contributed by atoms with Crippen molar-refractivity contribution in [3.63, 3.8) is 0 Å². The molecule has 1 heterocycles. The summed E-state index contributed by atoms with van der Waals surface area (Å²) in [6.07, 6.45) is 3.89. The SMILES string of the molecule is NC(CC1Cc2ccccc21)c1ncc(Br)cc1Br. The van der Waals surface area contributed by atoms with Crippen LogP contribution in [0.2, 0.25) is 0 Å². The highest BCUT2D eigenvalue weighted by Gasteiger charge is 2.28. The van der Waals surface area contributed by atoms with Gasteiger partial charge in [-0.25, -0.2) is 0 Å². The van der Waals surface area contributed by atoms with E-state index in [1.807, 2.05) is 6.07 Å². The zero-order valence-electron chi connectivity index (χ0n) is 10.3. The molecule has 0 spiro atoms. The third-order valence-corrected chi connectivity index (χ3v) is 4.76. The van der Waals surface area contributed by atoms with Crippen LogP contribution in [0, 0.1) is 0 Å². The number of halogens is 2. The number of pyridine rings is 1. The molecule has 1 aromatic carbocycles. The second-order valence-corrected chi connectivity index (χ2v) is 6.73. The van der Waals surface area contributed by atoms with Gasteiger partial charge in [0.25, 0.3) is 0 Å². The first-order chi connectivity index (χ1) is 9.15. The van der Waals surface area contributed by atoms with E-state index in [1.165, 1.54) is 11.1 Å². The number of aromatic nitrogens is 1. The van der Waals surface area contributed by atoms with E-state index in [1.54, 1.807) is 6.20 Å². The third kappa shape index (κ3) is 2.62. The normalized spacial score (nSPS) is 18.6. The second-order valence-electron chi connectivity index (χ2n) is 4.96. The summed E-state index contributed by atoms with van der Waals surface area (Å²) < 4.78 is 1.94. The molecule has 2 unspecified atom stereocenters. The van der Waals surface area contributed by atoms with Gasteiger partial charge in [0, 0.05) is 21.2 Å². The van der Waals surface area contributed by atoms with Gasteiger partial charge in [-0.05, 0) is 67.8 Å². The van der Waals surface area contributed by atoms with Gasteiger partial charge in [-0.3, -0.25) is 4.98 Å². The van der Waals surface area contributed by atoms with E-state index in [0.717, 1.165) is 27.5 Å². The Morgan fingerprint density at radius 3 is 2.84 bits per heavy atom. The maximum Gasteiger partial charge on any atom is 0.0713 e. The number of nitrogens with zero attached hydrogens (tertiary/aromatic N) is 1. The fourth-order valence-electron chi connectivity index (χ4n) is 2.69. The molecule has 2 nitrogen and oxygen atoms in total. The molecule has 0 bridgehead atoms. The Morgan fingerprint density at radius 1 is 1.32 bits per heavy atom. The van der Waals surface area contributed by atoms with Gasteiger partial charge in [0.15, 0.2) is 0 Å². The Balaban J connectivity index is 1.75. The van der Waals surface area contributed by atoms with Crippen molar-refractivity contribution in [3.8, 4) is 0 Å². The quantitative estimate of drug-likeness (QED) is 0.858. The highest BCUT2D eigenvalue weighted by Crippen LogP contribution is 2.40. The maximum atomic E-state index is 6.31. The van der Waals surface area contributed by atoms with Crippen LogP contribution in [-0.4, -0.2) is 4.98 Å². The number of fused-ring (bicyclic) bond motifs is 1. The average molecular weight is 382 g/mol. The molecule has 19 heavy (non-hydrogen) atoms. The fourth-order valence-corrected chi connectivity index (χ4v) is 3.97. The standard InChI is InChI=1S/C15H14Br2N2/c16-11-7-13(17)15(19-8-11)14(18)6-10-5-9-3-1-2-4-12(9)10/h1-4,7-8,10,14H,5-6,18H2. The van der Waals surface area contributed by atoms with E-state index in [-0.39, 0.29) is 6.04 Å². The first-order valence-corrected chi connectivity index (χ1v) is 7.88. The van der Waals surface area contributed by atoms with Gasteiger partial charge in [-0.15, -0.1) is 0 Å². The summed E-state index contributed by atoms with van der Waals surface area (Å²) in [5.41, 5.74) is 10.2. The van der Waals surface area contributed by atoms with E-state index >= 15 is 0 Å². The largest absolute Gasteiger partial charge is 0.323 e. The van der Waals surface area contributed by atoms with Gasteiger partial charge in [0.05, 0.1) is 5.69 Å². The summed E-state index contributed by atoms with van der Waals surface area (Å²) in [5, 5.41) is 0. The lowest BCUT2D eigenvalue weighted by molar-refractivity contribution is 0.491. The molecule has 0 saturated heterocycles. The minimum atomic E-state index is -0.0270. The Kier molecular flexibility index (Phi) is 3.74. The van der Waals surface area contributed by atoms with Crippen molar-refractivity contribution < 1.29 is 0 Å². The zero-order chi connectivity index (χ0) is 13.4. The Morgan fingerprint density at radius 2 is 2.11 bits per heavy atom. The topological polar surface area (TPSA) is 38.9 Å². The van der Waals surface area contributed by atoms with Crippen molar-refractivity contribution in [1.82, 2.24) is 4.98 Å². The predicted molar refractivity (Wildman–Crippen MR) is 84.1 cm³/mol. The molecule has 0 amide bonds. The molecule has 4 heteroatoms. The fraction of sp³-hybridized carbons (Fsp3) is 0.267. The van der Waals surface area contributed by atoms with E-state index in [0.29, 0.717) is 5.92 Å².